The third kappa shape index (κ3) is 2.54. The van der Waals surface area contributed by atoms with Gasteiger partial charge in [0.25, 0.3) is 0 Å². The van der Waals surface area contributed by atoms with Crippen LogP contribution >= 0.6 is 15.9 Å². The molecular weight excluding hydrogens is 392 g/mol. The van der Waals surface area contributed by atoms with Crippen molar-refractivity contribution in [3.63, 3.8) is 0 Å². The van der Waals surface area contributed by atoms with Crippen molar-refractivity contribution in [2.75, 3.05) is 0 Å². The van der Waals surface area contributed by atoms with E-state index in [0.717, 1.165) is 39.2 Å². The molecular formula is C21H17BrN2O2. The molecule has 0 fully saturated rings. The van der Waals surface area contributed by atoms with E-state index in [-0.39, 0.29) is 12.3 Å². The molecule has 0 unspecified atom stereocenters. The summed E-state index contributed by atoms with van der Waals surface area (Å²) in [5.41, 5.74) is 4.42. The lowest BCUT2D eigenvalue weighted by Gasteiger charge is -2.38. The molecule has 3 aromatic rings. The standard InChI is InChI=1S/C21H17BrN2O2/c1-13-4-6-14(7-5-13)21-24-18(12-17(23-24)20-3-2-10-25-20)16-11-15(22)8-9-19(16)26-21/h2-11,18,21H,12H2,1H3/t18-,21-/m1/s1. The predicted molar refractivity (Wildman–Crippen MR) is 103 cm³/mol. The molecule has 0 amide bonds. The summed E-state index contributed by atoms with van der Waals surface area (Å²) in [5, 5.41) is 6.94. The van der Waals surface area contributed by atoms with Crippen molar-refractivity contribution in [3.8, 4) is 5.75 Å². The number of rotatable bonds is 2. The highest BCUT2D eigenvalue weighted by atomic mass is 79.9. The van der Waals surface area contributed by atoms with Gasteiger partial charge in [-0.05, 0) is 37.3 Å². The Morgan fingerprint density at radius 3 is 2.73 bits per heavy atom. The molecule has 0 bridgehead atoms. The van der Waals surface area contributed by atoms with Gasteiger partial charge in [0.2, 0.25) is 6.23 Å². The average molecular weight is 409 g/mol. The van der Waals surface area contributed by atoms with Crippen molar-refractivity contribution in [2.45, 2.75) is 25.6 Å². The van der Waals surface area contributed by atoms with Crippen LogP contribution in [0.4, 0.5) is 0 Å². The Hall–Kier alpha value is -2.53. The smallest absolute Gasteiger partial charge is 0.213 e. The van der Waals surface area contributed by atoms with Crippen LogP contribution in [0, 0.1) is 6.92 Å². The summed E-state index contributed by atoms with van der Waals surface area (Å²) in [6.45, 7) is 2.09. The fourth-order valence-corrected chi connectivity index (χ4v) is 3.98. The molecule has 2 aliphatic heterocycles. The molecule has 2 aromatic carbocycles. The second kappa shape index (κ2) is 6.02. The van der Waals surface area contributed by atoms with Gasteiger partial charge in [0.05, 0.1) is 12.3 Å². The quantitative estimate of drug-likeness (QED) is 0.554. The maximum absolute atomic E-state index is 6.36. The molecule has 5 rings (SSSR count). The molecule has 3 heterocycles. The number of ether oxygens (including phenoxy) is 1. The first kappa shape index (κ1) is 15.7. The van der Waals surface area contributed by atoms with Crippen LogP contribution in [0.3, 0.4) is 0 Å². The molecule has 0 radical (unpaired) electrons. The van der Waals surface area contributed by atoms with Crippen LogP contribution < -0.4 is 4.74 Å². The maximum Gasteiger partial charge on any atom is 0.213 e. The van der Waals surface area contributed by atoms with E-state index in [1.165, 1.54) is 5.56 Å². The minimum Gasteiger partial charge on any atom is -0.464 e. The van der Waals surface area contributed by atoms with E-state index < -0.39 is 0 Å². The van der Waals surface area contributed by atoms with Crippen LogP contribution in [0.15, 0.2) is 74.9 Å². The topological polar surface area (TPSA) is 38.0 Å². The Kier molecular flexibility index (Phi) is 3.64. The number of hydrogen-bond acceptors (Lipinski definition) is 4. The summed E-state index contributed by atoms with van der Waals surface area (Å²) >= 11 is 3.58. The summed E-state index contributed by atoms with van der Waals surface area (Å²) in [7, 11) is 0. The van der Waals surface area contributed by atoms with Gasteiger partial charge in [-0.15, -0.1) is 0 Å². The fourth-order valence-electron chi connectivity index (χ4n) is 3.60. The number of benzene rings is 2. The van der Waals surface area contributed by atoms with Crippen LogP contribution in [-0.2, 0) is 0 Å². The summed E-state index contributed by atoms with van der Waals surface area (Å²) in [6, 6.07) is 18.6. The van der Waals surface area contributed by atoms with Crippen molar-refractivity contribution >= 4 is 21.6 Å². The van der Waals surface area contributed by atoms with Crippen LogP contribution in [0.2, 0.25) is 0 Å². The van der Waals surface area contributed by atoms with Crippen molar-refractivity contribution in [1.82, 2.24) is 5.01 Å². The summed E-state index contributed by atoms with van der Waals surface area (Å²) in [5.74, 6) is 1.73. The number of hydrazone groups is 1. The first-order valence-electron chi connectivity index (χ1n) is 8.61. The second-order valence-electron chi connectivity index (χ2n) is 6.69. The summed E-state index contributed by atoms with van der Waals surface area (Å²) < 4.78 is 13.0. The van der Waals surface area contributed by atoms with Crippen LogP contribution in [0.5, 0.6) is 5.75 Å². The third-order valence-corrected chi connectivity index (χ3v) is 5.41. The van der Waals surface area contributed by atoms with E-state index >= 15 is 0 Å². The van der Waals surface area contributed by atoms with Crippen LogP contribution in [0.1, 0.15) is 41.1 Å². The zero-order chi connectivity index (χ0) is 17.7. The second-order valence-corrected chi connectivity index (χ2v) is 7.60. The van der Waals surface area contributed by atoms with Gasteiger partial charge in [-0.1, -0.05) is 45.8 Å². The monoisotopic (exact) mass is 408 g/mol. The zero-order valence-corrected chi connectivity index (χ0v) is 15.8. The van der Waals surface area contributed by atoms with E-state index in [4.69, 9.17) is 14.3 Å². The minimum absolute atomic E-state index is 0.127. The Bertz CT molecular complexity index is 980. The first-order chi connectivity index (χ1) is 12.7. The summed E-state index contributed by atoms with van der Waals surface area (Å²) in [6.07, 6.45) is 2.23. The van der Waals surface area contributed by atoms with Crippen molar-refractivity contribution in [1.29, 1.82) is 0 Å². The molecule has 5 heteroatoms. The molecule has 26 heavy (non-hydrogen) atoms. The van der Waals surface area contributed by atoms with Crippen molar-refractivity contribution < 1.29 is 9.15 Å². The zero-order valence-electron chi connectivity index (χ0n) is 14.2. The molecule has 4 nitrogen and oxygen atoms in total. The average Bonchev–Trinajstić information content (AvgIpc) is 3.32. The number of fused-ring (bicyclic) bond motifs is 3. The lowest BCUT2D eigenvalue weighted by Crippen LogP contribution is -2.33. The molecule has 0 saturated heterocycles. The van der Waals surface area contributed by atoms with E-state index in [9.17, 15) is 0 Å². The van der Waals surface area contributed by atoms with Gasteiger partial charge >= 0.3 is 0 Å². The third-order valence-electron chi connectivity index (χ3n) is 4.92. The van der Waals surface area contributed by atoms with Gasteiger partial charge in [-0.2, -0.15) is 5.10 Å². The number of furan rings is 1. The number of halogens is 1. The molecule has 0 saturated carbocycles. The Morgan fingerprint density at radius 1 is 1.12 bits per heavy atom. The van der Waals surface area contributed by atoms with E-state index in [1.807, 2.05) is 24.3 Å². The SMILES string of the molecule is Cc1ccc([C@H]2Oc3ccc(Br)cc3[C@H]3CC(c4ccco4)=NN32)cc1. The van der Waals surface area contributed by atoms with Gasteiger partial charge in [-0.25, -0.2) is 5.01 Å². The highest BCUT2D eigenvalue weighted by Gasteiger charge is 2.41. The van der Waals surface area contributed by atoms with Gasteiger partial charge in [-0.3, -0.25) is 0 Å². The molecule has 130 valence electrons. The van der Waals surface area contributed by atoms with Crippen molar-refractivity contribution in [2.24, 2.45) is 5.10 Å². The Labute approximate surface area is 160 Å². The lowest BCUT2D eigenvalue weighted by molar-refractivity contribution is -0.0190. The van der Waals surface area contributed by atoms with Crippen LogP contribution in [0.25, 0.3) is 0 Å². The highest BCUT2D eigenvalue weighted by Crippen LogP contribution is 2.48. The van der Waals surface area contributed by atoms with Gasteiger partial charge in [0.1, 0.15) is 17.2 Å². The first-order valence-corrected chi connectivity index (χ1v) is 9.41. The summed E-state index contributed by atoms with van der Waals surface area (Å²) in [4.78, 5) is 0. The van der Waals surface area contributed by atoms with Gasteiger partial charge in [0.15, 0.2) is 0 Å². The fraction of sp³-hybridized carbons (Fsp3) is 0.190. The van der Waals surface area contributed by atoms with Crippen molar-refractivity contribution in [3.05, 3.63) is 87.8 Å². The van der Waals surface area contributed by atoms with E-state index in [0.29, 0.717) is 0 Å². The molecule has 2 aliphatic rings. The Balaban J connectivity index is 1.61. The van der Waals surface area contributed by atoms with Gasteiger partial charge in [0, 0.05) is 22.0 Å². The largest absolute Gasteiger partial charge is 0.464 e. The number of aryl methyl sites for hydroxylation is 1. The van der Waals surface area contributed by atoms with E-state index in [2.05, 4.69) is 58.2 Å². The predicted octanol–water partition coefficient (Wildman–Crippen LogP) is 5.59. The number of nitrogens with zero attached hydrogens (tertiary/aromatic N) is 2. The maximum atomic E-state index is 6.36. The molecule has 0 spiro atoms. The Morgan fingerprint density at radius 2 is 1.96 bits per heavy atom. The molecule has 2 atom stereocenters. The normalized spacial score (nSPS) is 21.0. The number of hydrogen-bond donors (Lipinski definition) is 0. The van der Waals surface area contributed by atoms with Crippen LogP contribution in [-0.4, -0.2) is 10.7 Å². The minimum atomic E-state index is -0.248. The van der Waals surface area contributed by atoms with E-state index in [1.54, 1.807) is 6.26 Å². The van der Waals surface area contributed by atoms with Gasteiger partial charge < -0.3 is 9.15 Å². The lowest BCUT2D eigenvalue weighted by atomic mass is 9.97. The molecule has 0 N–H and O–H groups in total. The molecule has 0 aliphatic carbocycles. The highest BCUT2D eigenvalue weighted by molar-refractivity contribution is 9.10. The molecule has 1 aromatic heterocycles.